The Labute approximate surface area is 55.4 Å². The lowest BCUT2D eigenvalue weighted by atomic mass is 10.2. The molecule has 0 saturated carbocycles. The van der Waals surface area contributed by atoms with Crippen LogP contribution in [0.1, 0.15) is 0 Å². The molecule has 0 spiro atoms. The third-order valence-electron chi connectivity index (χ3n) is 2.32. The molecule has 52 valence electrons. The first-order valence-corrected chi connectivity index (χ1v) is 3.58. The minimum Gasteiger partial charge on any atom is -0.315 e. The van der Waals surface area contributed by atoms with Gasteiger partial charge in [0.05, 0.1) is 6.17 Å². The summed E-state index contributed by atoms with van der Waals surface area (Å²) in [5, 5.41) is 0. The standard InChI is InChI=1S/C6H13N3/c7-6-5-8-1-3-9(6)4-2-8/h6H,1-5,7H2/t6-/m0/s1. The van der Waals surface area contributed by atoms with Crippen molar-refractivity contribution in [1.82, 2.24) is 9.80 Å². The van der Waals surface area contributed by atoms with Gasteiger partial charge in [-0.15, -0.1) is 0 Å². The van der Waals surface area contributed by atoms with Crippen molar-refractivity contribution in [2.75, 3.05) is 32.7 Å². The van der Waals surface area contributed by atoms with E-state index in [-0.39, 0.29) is 0 Å². The molecule has 0 aromatic rings. The predicted octanol–water partition coefficient (Wildman–Crippen LogP) is -1.10. The highest BCUT2D eigenvalue weighted by atomic mass is 15.4. The van der Waals surface area contributed by atoms with Crippen LogP contribution in [0.4, 0.5) is 0 Å². The zero-order valence-electron chi connectivity index (χ0n) is 5.58. The predicted molar refractivity (Wildman–Crippen MR) is 36.0 cm³/mol. The van der Waals surface area contributed by atoms with Crippen LogP contribution in [0, 0.1) is 0 Å². The third-order valence-corrected chi connectivity index (χ3v) is 2.32. The van der Waals surface area contributed by atoms with Crippen LogP contribution in [-0.4, -0.2) is 48.7 Å². The first-order chi connectivity index (χ1) is 4.36. The number of hydrogen-bond acceptors (Lipinski definition) is 3. The maximum atomic E-state index is 5.80. The van der Waals surface area contributed by atoms with Gasteiger partial charge < -0.3 is 5.73 Å². The molecule has 3 nitrogen and oxygen atoms in total. The van der Waals surface area contributed by atoms with Crippen molar-refractivity contribution < 1.29 is 0 Å². The average Bonchev–Trinajstić information content (AvgIpc) is 1.90. The molecule has 0 aromatic carbocycles. The van der Waals surface area contributed by atoms with E-state index in [2.05, 4.69) is 9.80 Å². The highest BCUT2D eigenvalue weighted by molar-refractivity contribution is 4.84. The number of piperazine rings is 3. The van der Waals surface area contributed by atoms with E-state index in [0.717, 1.165) is 6.54 Å². The Balaban J connectivity index is 2.06. The van der Waals surface area contributed by atoms with Crippen molar-refractivity contribution >= 4 is 0 Å². The molecule has 0 aromatic heterocycles. The van der Waals surface area contributed by atoms with Crippen molar-refractivity contribution in [1.29, 1.82) is 0 Å². The molecule has 0 radical (unpaired) electrons. The molecule has 3 aliphatic heterocycles. The molecular formula is C6H13N3. The molecule has 1 atom stereocenters. The van der Waals surface area contributed by atoms with Gasteiger partial charge in [0.25, 0.3) is 0 Å². The second-order valence-corrected chi connectivity index (χ2v) is 2.90. The van der Waals surface area contributed by atoms with Crippen molar-refractivity contribution in [3.8, 4) is 0 Å². The fourth-order valence-corrected chi connectivity index (χ4v) is 1.66. The van der Waals surface area contributed by atoms with E-state index in [0.29, 0.717) is 6.17 Å². The topological polar surface area (TPSA) is 32.5 Å². The van der Waals surface area contributed by atoms with Crippen LogP contribution >= 0.6 is 0 Å². The highest BCUT2D eigenvalue weighted by Crippen LogP contribution is 2.10. The Hall–Kier alpha value is -0.120. The maximum absolute atomic E-state index is 5.80. The van der Waals surface area contributed by atoms with E-state index < -0.39 is 0 Å². The first-order valence-electron chi connectivity index (χ1n) is 3.58. The van der Waals surface area contributed by atoms with Crippen LogP contribution < -0.4 is 5.73 Å². The Morgan fingerprint density at radius 3 is 2.00 bits per heavy atom. The largest absolute Gasteiger partial charge is 0.315 e. The lowest BCUT2D eigenvalue weighted by Crippen LogP contribution is -2.63. The van der Waals surface area contributed by atoms with Gasteiger partial charge in [0.2, 0.25) is 0 Å². The summed E-state index contributed by atoms with van der Waals surface area (Å²) in [6, 6.07) is 0. The monoisotopic (exact) mass is 127 g/mol. The van der Waals surface area contributed by atoms with Crippen LogP contribution in [0.2, 0.25) is 0 Å². The molecule has 3 rings (SSSR count). The molecule has 0 unspecified atom stereocenters. The summed E-state index contributed by atoms with van der Waals surface area (Å²) in [4.78, 5) is 4.80. The molecule has 9 heavy (non-hydrogen) atoms. The van der Waals surface area contributed by atoms with E-state index in [9.17, 15) is 0 Å². The van der Waals surface area contributed by atoms with E-state index in [1.165, 1.54) is 26.2 Å². The molecule has 0 aliphatic carbocycles. The molecule has 3 heterocycles. The smallest absolute Gasteiger partial charge is 0.0703 e. The second kappa shape index (κ2) is 1.94. The van der Waals surface area contributed by atoms with E-state index in [1.54, 1.807) is 0 Å². The van der Waals surface area contributed by atoms with E-state index in [1.807, 2.05) is 0 Å². The summed E-state index contributed by atoms with van der Waals surface area (Å²) >= 11 is 0. The molecule has 3 fully saturated rings. The summed E-state index contributed by atoms with van der Waals surface area (Å²) < 4.78 is 0. The molecule has 3 aliphatic rings. The van der Waals surface area contributed by atoms with Crippen LogP contribution in [0.3, 0.4) is 0 Å². The first kappa shape index (κ1) is 5.65. The van der Waals surface area contributed by atoms with Gasteiger partial charge >= 0.3 is 0 Å². The molecule has 3 heteroatoms. The van der Waals surface area contributed by atoms with Crippen LogP contribution in [0.15, 0.2) is 0 Å². The number of hydrogen-bond donors (Lipinski definition) is 1. The number of rotatable bonds is 0. The summed E-state index contributed by atoms with van der Waals surface area (Å²) in [5.41, 5.74) is 5.80. The Kier molecular flexibility index (Phi) is 1.22. The van der Waals surface area contributed by atoms with Gasteiger partial charge in [-0.3, -0.25) is 9.80 Å². The van der Waals surface area contributed by atoms with Crippen molar-refractivity contribution in [3.63, 3.8) is 0 Å². The van der Waals surface area contributed by atoms with Gasteiger partial charge in [0.15, 0.2) is 0 Å². The third kappa shape index (κ3) is 0.852. The lowest BCUT2D eigenvalue weighted by Gasteiger charge is -2.45. The van der Waals surface area contributed by atoms with Crippen molar-refractivity contribution in [2.45, 2.75) is 6.17 Å². The fraction of sp³-hybridized carbons (Fsp3) is 1.00. The van der Waals surface area contributed by atoms with E-state index in [4.69, 9.17) is 5.73 Å². The minimum absolute atomic E-state index is 0.326. The van der Waals surface area contributed by atoms with Crippen LogP contribution in [0.25, 0.3) is 0 Å². The number of fused-ring (bicyclic) bond motifs is 3. The molecule has 0 amide bonds. The van der Waals surface area contributed by atoms with Gasteiger partial charge in [0.1, 0.15) is 0 Å². The molecule has 2 bridgehead atoms. The fourth-order valence-electron chi connectivity index (χ4n) is 1.66. The summed E-state index contributed by atoms with van der Waals surface area (Å²) in [5.74, 6) is 0. The molecular weight excluding hydrogens is 114 g/mol. The Bertz CT molecular complexity index is 107. The van der Waals surface area contributed by atoms with Gasteiger partial charge in [-0.05, 0) is 0 Å². The average molecular weight is 127 g/mol. The lowest BCUT2D eigenvalue weighted by molar-refractivity contribution is 0.0161. The van der Waals surface area contributed by atoms with Gasteiger partial charge in [-0.25, -0.2) is 0 Å². The van der Waals surface area contributed by atoms with Crippen molar-refractivity contribution in [3.05, 3.63) is 0 Å². The Morgan fingerprint density at radius 2 is 1.78 bits per heavy atom. The van der Waals surface area contributed by atoms with E-state index >= 15 is 0 Å². The molecule has 3 saturated heterocycles. The normalized spacial score (nSPS) is 49.7. The van der Waals surface area contributed by atoms with Gasteiger partial charge in [-0.1, -0.05) is 0 Å². The summed E-state index contributed by atoms with van der Waals surface area (Å²) in [7, 11) is 0. The molecule has 2 N–H and O–H groups in total. The van der Waals surface area contributed by atoms with Crippen molar-refractivity contribution in [2.24, 2.45) is 5.73 Å². The highest BCUT2D eigenvalue weighted by Gasteiger charge is 2.28. The SMILES string of the molecule is N[C@@H]1CN2CCN1CC2. The minimum atomic E-state index is 0.326. The van der Waals surface area contributed by atoms with Gasteiger partial charge in [-0.2, -0.15) is 0 Å². The second-order valence-electron chi connectivity index (χ2n) is 2.90. The summed E-state index contributed by atoms with van der Waals surface area (Å²) in [6.45, 7) is 5.91. The summed E-state index contributed by atoms with van der Waals surface area (Å²) in [6.07, 6.45) is 0.326. The zero-order chi connectivity index (χ0) is 6.27. The maximum Gasteiger partial charge on any atom is 0.0703 e. The quantitative estimate of drug-likeness (QED) is 0.448. The number of nitrogens with two attached hydrogens (primary N) is 1. The van der Waals surface area contributed by atoms with Gasteiger partial charge in [0, 0.05) is 32.7 Å². The zero-order valence-corrected chi connectivity index (χ0v) is 5.58. The Morgan fingerprint density at radius 1 is 1.11 bits per heavy atom. The van der Waals surface area contributed by atoms with Crippen LogP contribution in [0.5, 0.6) is 0 Å². The number of nitrogens with zero attached hydrogens (tertiary/aromatic N) is 2. The van der Waals surface area contributed by atoms with Crippen LogP contribution in [-0.2, 0) is 0 Å².